The molecule has 0 atom stereocenters. The predicted octanol–water partition coefficient (Wildman–Crippen LogP) is 4.12. The number of cyclic esters (lactones) is 1. The lowest BCUT2D eigenvalue weighted by atomic mass is 10.0. The van der Waals surface area contributed by atoms with E-state index in [4.69, 9.17) is 4.74 Å². The largest absolute Gasteiger partial charge is 0.449 e. The number of ether oxygens (including phenoxy) is 1. The highest BCUT2D eigenvalue weighted by atomic mass is 16.6. The molecule has 0 spiro atoms. The van der Waals surface area contributed by atoms with Gasteiger partial charge in [-0.05, 0) is 38.8 Å². The van der Waals surface area contributed by atoms with E-state index in [1.54, 1.807) is 35.2 Å². The first-order valence-corrected chi connectivity index (χ1v) is 11.7. The minimum Gasteiger partial charge on any atom is -0.449 e. The van der Waals surface area contributed by atoms with E-state index in [0.717, 1.165) is 12.8 Å². The van der Waals surface area contributed by atoms with Crippen LogP contribution in [-0.4, -0.2) is 52.3 Å². The molecule has 36 heavy (non-hydrogen) atoms. The van der Waals surface area contributed by atoms with E-state index in [0.29, 0.717) is 47.2 Å². The van der Waals surface area contributed by atoms with E-state index in [2.05, 4.69) is 26.7 Å². The minimum absolute atomic E-state index is 0.0810. The summed E-state index contributed by atoms with van der Waals surface area (Å²) in [5, 5.41) is 15.9. The fraction of sp³-hybridized carbons (Fsp3) is 0.308. The molecule has 1 aliphatic rings. The predicted molar refractivity (Wildman–Crippen MR) is 134 cm³/mol. The number of benzene rings is 1. The second kappa shape index (κ2) is 10.8. The van der Waals surface area contributed by atoms with Crippen LogP contribution in [0.3, 0.4) is 0 Å². The van der Waals surface area contributed by atoms with Crippen molar-refractivity contribution in [3.63, 3.8) is 0 Å². The molecule has 1 fully saturated rings. The molecule has 2 aromatic heterocycles. The van der Waals surface area contributed by atoms with Gasteiger partial charge in [-0.1, -0.05) is 12.1 Å². The van der Waals surface area contributed by atoms with Gasteiger partial charge in [-0.15, -0.1) is 0 Å². The molecule has 0 bridgehead atoms. The molecule has 0 unspecified atom stereocenters. The van der Waals surface area contributed by atoms with E-state index in [9.17, 15) is 19.6 Å². The first kappa shape index (κ1) is 24.6. The van der Waals surface area contributed by atoms with Gasteiger partial charge in [-0.25, -0.2) is 14.8 Å². The molecule has 4 rings (SSSR count). The average Bonchev–Trinajstić information content (AvgIpc) is 3.06. The SMILES string of the molecule is CC(C)Nc1cc(NC(=O)c2cccc3cc(CN4CCCCOC4=O)c(C=O)nc23)ncc1C#N. The molecule has 1 aliphatic heterocycles. The number of nitriles is 1. The van der Waals surface area contributed by atoms with Gasteiger partial charge in [0, 0.05) is 35.8 Å². The van der Waals surface area contributed by atoms with Crippen LogP contribution < -0.4 is 10.6 Å². The first-order chi connectivity index (χ1) is 17.4. The number of amides is 2. The Hall–Kier alpha value is -4.52. The highest BCUT2D eigenvalue weighted by Crippen LogP contribution is 2.24. The fourth-order valence-corrected chi connectivity index (χ4v) is 3.99. The third-order valence-corrected chi connectivity index (χ3v) is 5.69. The van der Waals surface area contributed by atoms with Crippen molar-refractivity contribution in [1.82, 2.24) is 14.9 Å². The van der Waals surface area contributed by atoms with Crippen LogP contribution in [0.4, 0.5) is 16.3 Å². The molecule has 2 amide bonds. The highest BCUT2D eigenvalue weighted by Gasteiger charge is 2.21. The van der Waals surface area contributed by atoms with E-state index in [-0.39, 0.29) is 29.7 Å². The van der Waals surface area contributed by atoms with Crippen LogP contribution >= 0.6 is 0 Å². The van der Waals surface area contributed by atoms with Crippen molar-refractivity contribution >= 4 is 40.7 Å². The molecule has 1 aromatic carbocycles. The molecule has 10 heteroatoms. The number of rotatable bonds is 7. The summed E-state index contributed by atoms with van der Waals surface area (Å²) in [6, 6.07) is 10.7. The maximum atomic E-state index is 13.2. The summed E-state index contributed by atoms with van der Waals surface area (Å²) in [6.45, 7) is 4.98. The van der Waals surface area contributed by atoms with Gasteiger partial charge in [0.15, 0.2) is 6.29 Å². The number of carbonyl (C=O) groups excluding carboxylic acids is 3. The molecule has 0 saturated carbocycles. The lowest BCUT2D eigenvalue weighted by molar-refractivity contribution is 0.102. The number of anilines is 2. The van der Waals surface area contributed by atoms with Gasteiger partial charge >= 0.3 is 6.09 Å². The minimum atomic E-state index is -0.457. The maximum absolute atomic E-state index is 13.2. The summed E-state index contributed by atoms with van der Waals surface area (Å²) < 4.78 is 5.20. The van der Waals surface area contributed by atoms with Gasteiger partial charge in [0.25, 0.3) is 5.91 Å². The van der Waals surface area contributed by atoms with Crippen LogP contribution in [0.25, 0.3) is 10.9 Å². The molecule has 0 aliphatic carbocycles. The third kappa shape index (κ3) is 5.41. The molecule has 10 nitrogen and oxygen atoms in total. The van der Waals surface area contributed by atoms with Crippen molar-refractivity contribution in [2.45, 2.75) is 39.3 Å². The highest BCUT2D eigenvalue weighted by molar-refractivity contribution is 6.12. The molecule has 1 saturated heterocycles. The van der Waals surface area contributed by atoms with Gasteiger partial charge in [-0.2, -0.15) is 5.26 Å². The number of carbonyl (C=O) groups is 3. The summed E-state index contributed by atoms with van der Waals surface area (Å²) >= 11 is 0. The van der Waals surface area contributed by atoms with E-state index in [1.165, 1.54) is 6.20 Å². The number of aldehydes is 1. The molecular formula is C26H26N6O4. The number of hydrogen-bond acceptors (Lipinski definition) is 8. The van der Waals surface area contributed by atoms with Crippen LogP contribution in [0.2, 0.25) is 0 Å². The Kier molecular flexibility index (Phi) is 7.39. The van der Waals surface area contributed by atoms with Crippen LogP contribution in [-0.2, 0) is 11.3 Å². The summed E-state index contributed by atoms with van der Waals surface area (Å²) in [7, 11) is 0. The Balaban J connectivity index is 1.64. The fourth-order valence-electron chi connectivity index (χ4n) is 3.99. The number of nitrogens with one attached hydrogen (secondary N) is 2. The second-order valence-electron chi connectivity index (χ2n) is 8.75. The van der Waals surface area contributed by atoms with E-state index < -0.39 is 12.0 Å². The zero-order valence-corrected chi connectivity index (χ0v) is 20.1. The van der Waals surface area contributed by atoms with Crippen molar-refractivity contribution in [2.24, 2.45) is 0 Å². The lowest BCUT2D eigenvalue weighted by Gasteiger charge is -2.20. The average molecular weight is 487 g/mol. The standard InChI is InChI=1S/C26H26N6O4/c1-16(2)29-21-11-23(28-13-19(21)12-27)31-25(34)20-7-5-6-17-10-18(22(15-33)30-24(17)20)14-32-8-3-4-9-36-26(32)35/h5-7,10-11,13,15-16H,3-4,8-9,14H2,1-2H3,(H2,28,29,31,34). The number of fused-ring (bicyclic) bond motifs is 1. The summed E-state index contributed by atoms with van der Waals surface area (Å²) in [5.74, 6) is -0.187. The van der Waals surface area contributed by atoms with Gasteiger partial charge in [-0.3, -0.25) is 9.59 Å². The zero-order chi connectivity index (χ0) is 25.7. The maximum Gasteiger partial charge on any atom is 0.410 e. The van der Waals surface area contributed by atoms with Crippen molar-refractivity contribution in [3.05, 3.63) is 58.9 Å². The Morgan fingerprint density at radius 2 is 2.14 bits per heavy atom. The normalized spacial score (nSPS) is 13.6. The summed E-state index contributed by atoms with van der Waals surface area (Å²) in [4.78, 5) is 47.5. The zero-order valence-electron chi connectivity index (χ0n) is 20.1. The van der Waals surface area contributed by atoms with Crippen molar-refractivity contribution in [1.29, 1.82) is 5.26 Å². The molecular weight excluding hydrogens is 460 g/mol. The number of aromatic nitrogens is 2. The van der Waals surface area contributed by atoms with Crippen molar-refractivity contribution in [3.8, 4) is 6.07 Å². The number of hydrogen-bond donors (Lipinski definition) is 2. The van der Waals surface area contributed by atoms with Crippen LogP contribution in [0.1, 0.15) is 58.7 Å². The Bertz CT molecular complexity index is 1360. The van der Waals surface area contributed by atoms with E-state index in [1.807, 2.05) is 13.8 Å². The van der Waals surface area contributed by atoms with Gasteiger partial charge < -0.3 is 20.3 Å². The summed E-state index contributed by atoms with van der Waals surface area (Å²) in [5.41, 5.74) is 2.28. The van der Waals surface area contributed by atoms with Gasteiger partial charge in [0.2, 0.25) is 0 Å². The number of pyridine rings is 2. The second-order valence-corrected chi connectivity index (χ2v) is 8.75. The Morgan fingerprint density at radius 3 is 2.89 bits per heavy atom. The topological polar surface area (TPSA) is 137 Å². The van der Waals surface area contributed by atoms with Crippen LogP contribution in [0.5, 0.6) is 0 Å². The third-order valence-electron chi connectivity index (χ3n) is 5.69. The quantitative estimate of drug-likeness (QED) is 0.476. The molecule has 184 valence electrons. The van der Waals surface area contributed by atoms with Gasteiger partial charge in [0.05, 0.1) is 35.5 Å². The first-order valence-electron chi connectivity index (χ1n) is 11.7. The Labute approximate surface area is 208 Å². The number of para-hydroxylation sites is 1. The van der Waals surface area contributed by atoms with E-state index >= 15 is 0 Å². The molecule has 3 aromatic rings. The molecule has 0 radical (unpaired) electrons. The smallest absolute Gasteiger partial charge is 0.410 e. The van der Waals surface area contributed by atoms with Crippen molar-refractivity contribution < 1.29 is 19.1 Å². The molecule has 2 N–H and O–H groups in total. The Morgan fingerprint density at radius 1 is 1.31 bits per heavy atom. The lowest BCUT2D eigenvalue weighted by Crippen LogP contribution is -2.30. The molecule has 3 heterocycles. The van der Waals surface area contributed by atoms with Crippen molar-refractivity contribution in [2.75, 3.05) is 23.8 Å². The number of nitrogens with zero attached hydrogens (tertiary/aromatic N) is 4. The van der Waals surface area contributed by atoms with Crippen LogP contribution in [0.15, 0.2) is 36.5 Å². The van der Waals surface area contributed by atoms with Crippen LogP contribution in [0, 0.1) is 11.3 Å². The monoisotopic (exact) mass is 486 g/mol. The summed E-state index contributed by atoms with van der Waals surface area (Å²) in [6.07, 6.45) is 3.20. The van der Waals surface area contributed by atoms with Gasteiger partial charge in [0.1, 0.15) is 17.6 Å².